The zero-order chi connectivity index (χ0) is 14.3. The smallest absolute Gasteiger partial charge is 0.224 e. The number of methoxy groups -OCH3 is 1. The molecule has 0 spiro atoms. The van der Waals surface area contributed by atoms with Crippen molar-refractivity contribution >= 4 is 5.91 Å². The van der Waals surface area contributed by atoms with Gasteiger partial charge in [-0.05, 0) is 38.3 Å². The predicted molar refractivity (Wildman–Crippen MR) is 78.1 cm³/mol. The minimum absolute atomic E-state index is 0.112. The molecule has 1 rings (SSSR count). The number of carbonyl (C=O) groups excluding carboxylic acids is 1. The molecule has 1 fully saturated rings. The van der Waals surface area contributed by atoms with Gasteiger partial charge in [-0.15, -0.1) is 0 Å². The van der Waals surface area contributed by atoms with Crippen molar-refractivity contribution in [1.29, 1.82) is 0 Å². The summed E-state index contributed by atoms with van der Waals surface area (Å²) >= 11 is 0. The number of hydrogen-bond donors (Lipinski definition) is 0. The fraction of sp³-hybridized carbons (Fsp3) is 0.933. The van der Waals surface area contributed by atoms with Crippen LogP contribution in [0, 0.1) is 11.8 Å². The van der Waals surface area contributed by atoms with E-state index in [-0.39, 0.29) is 11.8 Å². The lowest BCUT2D eigenvalue weighted by Crippen LogP contribution is -2.37. The van der Waals surface area contributed by atoms with E-state index in [9.17, 15) is 4.79 Å². The van der Waals surface area contributed by atoms with Crippen molar-refractivity contribution in [3.05, 3.63) is 0 Å². The normalized spacial score (nSPS) is 17.9. The lowest BCUT2D eigenvalue weighted by Gasteiger charge is -2.32. The van der Waals surface area contributed by atoms with Crippen LogP contribution in [0.15, 0.2) is 0 Å². The SMILES string of the molecule is COCCN1CCC(CCN(C)C(=O)C(C)C)CC1. The summed E-state index contributed by atoms with van der Waals surface area (Å²) in [5.74, 6) is 1.15. The summed E-state index contributed by atoms with van der Waals surface area (Å²) in [7, 11) is 3.68. The first kappa shape index (κ1) is 16.4. The molecule has 0 aromatic rings. The molecule has 1 heterocycles. The van der Waals surface area contributed by atoms with Crippen molar-refractivity contribution in [3.8, 4) is 0 Å². The van der Waals surface area contributed by atoms with Gasteiger partial charge in [0.15, 0.2) is 0 Å². The maximum atomic E-state index is 11.8. The summed E-state index contributed by atoms with van der Waals surface area (Å²) in [6.07, 6.45) is 3.66. The monoisotopic (exact) mass is 270 g/mol. The van der Waals surface area contributed by atoms with Gasteiger partial charge in [-0.2, -0.15) is 0 Å². The van der Waals surface area contributed by atoms with Gasteiger partial charge in [0.25, 0.3) is 0 Å². The molecule has 0 radical (unpaired) electrons. The molecule has 1 saturated heterocycles. The highest BCUT2D eigenvalue weighted by atomic mass is 16.5. The maximum Gasteiger partial charge on any atom is 0.224 e. The number of amides is 1. The Morgan fingerprint density at radius 1 is 1.37 bits per heavy atom. The number of rotatable bonds is 7. The molecule has 0 bridgehead atoms. The van der Waals surface area contributed by atoms with E-state index in [1.807, 2.05) is 25.8 Å². The minimum Gasteiger partial charge on any atom is -0.383 e. The van der Waals surface area contributed by atoms with Crippen molar-refractivity contribution < 1.29 is 9.53 Å². The van der Waals surface area contributed by atoms with Crippen LogP contribution in [0.3, 0.4) is 0 Å². The van der Waals surface area contributed by atoms with Gasteiger partial charge in [0.1, 0.15) is 0 Å². The zero-order valence-corrected chi connectivity index (χ0v) is 13.0. The summed E-state index contributed by atoms with van der Waals surface area (Å²) < 4.78 is 5.11. The van der Waals surface area contributed by atoms with Gasteiger partial charge in [0.05, 0.1) is 6.61 Å². The van der Waals surface area contributed by atoms with Crippen LogP contribution in [0.5, 0.6) is 0 Å². The molecule has 4 heteroatoms. The molecule has 1 aliphatic rings. The number of ether oxygens (including phenoxy) is 1. The second-order valence-electron chi connectivity index (χ2n) is 5.98. The van der Waals surface area contributed by atoms with Crippen LogP contribution in [-0.2, 0) is 9.53 Å². The third kappa shape index (κ3) is 5.91. The topological polar surface area (TPSA) is 32.8 Å². The third-order valence-electron chi connectivity index (χ3n) is 4.06. The van der Waals surface area contributed by atoms with E-state index in [4.69, 9.17) is 4.74 Å². The molecule has 4 nitrogen and oxygen atoms in total. The number of nitrogens with zero attached hydrogens (tertiary/aromatic N) is 2. The third-order valence-corrected chi connectivity index (χ3v) is 4.06. The van der Waals surface area contributed by atoms with Crippen LogP contribution in [0.1, 0.15) is 33.1 Å². The van der Waals surface area contributed by atoms with Crippen molar-refractivity contribution in [2.45, 2.75) is 33.1 Å². The summed E-state index contributed by atoms with van der Waals surface area (Å²) in [4.78, 5) is 16.2. The second-order valence-corrected chi connectivity index (χ2v) is 5.98. The van der Waals surface area contributed by atoms with E-state index in [2.05, 4.69) is 4.90 Å². The number of likely N-dealkylation sites (tertiary alicyclic amines) is 1. The number of carbonyl (C=O) groups is 1. The lowest BCUT2D eigenvalue weighted by molar-refractivity contribution is -0.133. The van der Waals surface area contributed by atoms with Crippen LogP contribution in [-0.4, -0.2) is 62.7 Å². The number of piperidine rings is 1. The summed E-state index contributed by atoms with van der Waals surface area (Å²) in [6.45, 7) is 9.07. The van der Waals surface area contributed by atoms with Gasteiger partial charge in [-0.25, -0.2) is 0 Å². The molecule has 0 unspecified atom stereocenters. The molecule has 1 amide bonds. The molecule has 0 N–H and O–H groups in total. The highest BCUT2D eigenvalue weighted by Gasteiger charge is 2.20. The highest BCUT2D eigenvalue weighted by Crippen LogP contribution is 2.20. The fourth-order valence-corrected chi connectivity index (χ4v) is 2.65. The van der Waals surface area contributed by atoms with Gasteiger partial charge in [-0.3, -0.25) is 4.79 Å². The zero-order valence-electron chi connectivity index (χ0n) is 13.0. The van der Waals surface area contributed by atoms with Crippen LogP contribution in [0.2, 0.25) is 0 Å². The number of hydrogen-bond acceptors (Lipinski definition) is 3. The Labute approximate surface area is 118 Å². The molecule has 0 aliphatic carbocycles. The van der Waals surface area contributed by atoms with Crippen molar-refractivity contribution in [3.63, 3.8) is 0 Å². The first-order chi connectivity index (χ1) is 9.04. The van der Waals surface area contributed by atoms with Crippen LogP contribution >= 0.6 is 0 Å². The van der Waals surface area contributed by atoms with E-state index >= 15 is 0 Å². The average Bonchev–Trinajstić information content (AvgIpc) is 2.42. The Balaban J connectivity index is 2.17. The molecule has 0 aromatic carbocycles. The maximum absolute atomic E-state index is 11.8. The van der Waals surface area contributed by atoms with E-state index in [0.717, 1.165) is 32.0 Å². The Bertz CT molecular complexity index is 261. The van der Waals surface area contributed by atoms with E-state index in [1.54, 1.807) is 7.11 Å². The predicted octanol–water partition coefficient (Wildman–Crippen LogP) is 1.85. The molecule has 19 heavy (non-hydrogen) atoms. The standard InChI is InChI=1S/C15H30N2O2/c1-13(2)15(18)16(3)8-5-14-6-9-17(10-7-14)11-12-19-4/h13-14H,5-12H2,1-4H3. The van der Waals surface area contributed by atoms with Gasteiger partial charge in [-0.1, -0.05) is 13.8 Å². The molecule has 0 saturated carbocycles. The van der Waals surface area contributed by atoms with E-state index in [1.165, 1.54) is 25.9 Å². The first-order valence-electron chi connectivity index (χ1n) is 7.50. The van der Waals surface area contributed by atoms with Crippen LogP contribution in [0.25, 0.3) is 0 Å². The van der Waals surface area contributed by atoms with E-state index < -0.39 is 0 Å². The minimum atomic E-state index is 0.112. The van der Waals surface area contributed by atoms with Gasteiger partial charge < -0.3 is 14.5 Å². The van der Waals surface area contributed by atoms with Crippen LogP contribution < -0.4 is 0 Å². The quantitative estimate of drug-likeness (QED) is 0.708. The Morgan fingerprint density at radius 2 is 2.00 bits per heavy atom. The molecular formula is C15H30N2O2. The molecule has 112 valence electrons. The molecule has 1 aliphatic heterocycles. The van der Waals surface area contributed by atoms with Crippen LogP contribution in [0.4, 0.5) is 0 Å². The molecular weight excluding hydrogens is 240 g/mol. The van der Waals surface area contributed by atoms with Crippen molar-refractivity contribution in [2.75, 3.05) is 46.9 Å². The van der Waals surface area contributed by atoms with Gasteiger partial charge in [0.2, 0.25) is 5.91 Å². The molecule has 0 atom stereocenters. The first-order valence-corrected chi connectivity index (χ1v) is 7.50. The Kier molecular flexibility index (Phi) is 7.39. The van der Waals surface area contributed by atoms with Crippen molar-refractivity contribution in [1.82, 2.24) is 9.80 Å². The Hall–Kier alpha value is -0.610. The second kappa shape index (κ2) is 8.54. The fourth-order valence-electron chi connectivity index (χ4n) is 2.65. The average molecular weight is 270 g/mol. The Morgan fingerprint density at radius 3 is 2.53 bits per heavy atom. The highest BCUT2D eigenvalue weighted by molar-refractivity contribution is 5.77. The lowest BCUT2D eigenvalue weighted by atomic mass is 9.93. The summed E-state index contributed by atoms with van der Waals surface area (Å²) in [6, 6.07) is 0. The van der Waals surface area contributed by atoms with Crippen molar-refractivity contribution in [2.24, 2.45) is 11.8 Å². The van der Waals surface area contributed by atoms with E-state index in [0.29, 0.717) is 0 Å². The van der Waals surface area contributed by atoms with Gasteiger partial charge >= 0.3 is 0 Å². The van der Waals surface area contributed by atoms with Gasteiger partial charge in [0, 0.05) is 33.2 Å². The molecule has 0 aromatic heterocycles. The largest absolute Gasteiger partial charge is 0.383 e. The summed E-state index contributed by atoms with van der Waals surface area (Å²) in [5.41, 5.74) is 0. The summed E-state index contributed by atoms with van der Waals surface area (Å²) in [5, 5.41) is 0.